The largest absolute Gasteiger partial charge is 0.410 e. The molecule has 0 radical (unpaired) electrons. The van der Waals surface area contributed by atoms with Gasteiger partial charge in [0.05, 0.1) is 18.1 Å². The molecule has 1 fully saturated rings. The van der Waals surface area contributed by atoms with Crippen molar-refractivity contribution in [2.24, 2.45) is 5.92 Å². The Morgan fingerprint density at radius 2 is 2.03 bits per heavy atom. The van der Waals surface area contributed by atoms with Crippen LogP contribution >= 0.6 is 23.1 Å². The van der Waals surface area contributed by atoms with Gasteiger partial charge < -0.3 is 14.1 Å². The maximum absolute atomic E-state index is 13.3. The topological polar surface area (TPSA) is 68.5 Å². The quantitative estimate of drug-likeness (QED) is 0.523. The summed E-state index contributed by atoms with van der Waals surface area (Å²) < 4.78 is 11.4. The zero-order valence-corrected chi connectivity index (χ0v) is 19.1. The lowest BCUT2D eigenvalue weighted by atomic mass is 9.90. The van der Waals surface area contributed by atoms with Gasteiger partial charge in [-0.3, -0.25) is 4.79 Å². The third-order valence-electron chi connectivity index (χ3n) is 5.81. The van der Waals surface area contributed by atoms with Gasteiger partial charge in [0.1, 0.15) is 5.25 Å². The van der Waals surface area contributed by atoms with E-state index in [4.69, 9.17) is 9.15 Å². The number of carbonyl (C=O) groups is 1. The van der Waals surface area contributed by atoms with Crippen LogP contribution in [0.3, 0.4) is 0 Å². The predicted octanol–water partition coefficient (Wildman–Crippen LogP) is 4.62. The number of thiophene rings is 1. The molecule has 1 aromatic carbocycles. The molecule has 3 heterocycles. The minimum Gasteiger partial charge on any atom is -0.410 e. The zero-order valence-electron chi connectivity index (χ0n) is 17.5. The average molecular weight is 456 g/mol. The second-order valence-electron chi connectivity index (χ2n) is 8.13. The summed E-state index contributed by atoms with van der Waals surface area (Å²) in [7, 11) is 0. The molecule has 0 N–H and O–H groups in total. The van der Waals surface area contributed by atoms with Crippen LogP contribution in [0.4, 0.5) is 0 Å². The van der Waals surface area contributed by atoms with E-state index in [9.17, 15) is 4.79 Å². The molecule has 3 aromatic rings. The summed E-state index contributed by atoms with van der Waals surface area (Å²) in [6, 6.07) is 12.0. The molecule has 0 bridgehead atoms. The van der Waals surface area contributed by atoms with Gasteiger partial charge in [-0.05, 0) is 54.1 Å². The summed E-state index contributed by atoms with van der Waals surface area (Å²) in [5, 5.41) is 8.56. The van der Waals surface area contributed by atoms with E-state index in [1.807, 2.05) is 35.2 Å². The van der Waals surface area contributed by atoms with Gasteiger partial charge in [0.15, 0.2) is 0 Å². The molecule has 1 aliphatic heterocycles. The van der Waals surface area contributed by atoms with Crippen molar-refractivity contribution < 1.29 is 13.9 Å². The summed E-state index contributed by atoms with van der Waals surface area (Å²) >= 11 is 3.08. The highest BCUT2D eigenvalue weighted by Gasteiger charge is 2.30. The number of thioether (sulfide) groups is 1. The fraction of sp³-hybridized carbons (Fsp3) is 0.435. The Bertz CT molecular complexity index is 1040. The molecule has 2 atom stereocenters. The lowest BCUT2D eigenvalue weighted by Gasteiger charge is -2.29. The number of fused-ring (bicyclic) bond motifs is 1. The van der Waals surface area contributed by atoms with Crippen molar-refractivity contribution in [2.45, 2.75) is 36.7 Å². The van der Waals surface area contributed by atoms with Crippen LogP contribution in [0.5, 0.6) is 0 Å². The van der Waals surface area contributed by atoms with Gasteiger partial charge in [-0.2, -0.15) is 0 Å². The average Bonchev–Trinajstić information content (AvgIpc) is 3.45. The van der Waals surface area contributed by atoms with E-state index < -0.39 is 5.25 Å². The second-order valence-corrected chi connectivity index (χ2v) is 10.3. The summed E-state index contributed by atoms with van der Waals surface area (Å²) in [6.07, 6.45) is 3.48. The first-order valence-corrected chi connectivity index (χ1v) is 12.4. The molecule has 5 rings (SSSR count). The van der Waals surface area contributed by atoms with Crippen molar-refractivity contribution in [1.82, 2.24) is 15.1 Å². The summed E-state index contributed by atoms with van der Waals surface area (Å²) in [4.78, 5) is 17.6. The first-order valence-electron chi connectivity index (χ1n) is 10.7. The van der Waals surface area contributed by atoms with Crippen LogP contribution in [0, 0.1) is 5.92 Å². The van der Waals surface area contributed by atoms with Crippen molar-refractivity contribution >= 4 is 29.0 Å². The van der Waals surface area contributed by atoms with Crippen LogP contribution in [0.1, 0.15) is 34.6 Å². The van der Waals surface area contributed by atoms with E-state index in [-0.39, 0.29) is 5.91 Å². The van der Waals surface area contributed by atoms with Crippen LogP contribution in [0.2, 0.25) is 0 Å². The normalized spacial score (nSPS) is 19.8. The van der Waals surface area contributed by atoms with E-state index in [0.717, 1.165) is 29.2 Å². The molecule has 6 nitrogen and oxygen atoms in total. The Morgan fingerprint density at radius 1 is 1.23 bits per heavy atom. The van der Waals surface area contributed by atoms with E-state index in [2.05, 4.69) is 23.2 Å². The van der Waals surface area contributed by atoms with E-state index in [1.165, 1.54) is 28.6 Å². The summed E-state index contributed by atoms with van der Waals surface area (Å²) in [5.74, 6) is 1.32. The van der Waals surface area contributed by atoms with Crippen molar-refractivity contribution in [2.75, 3.05) is 26.3 Å². The number of ether oxygens (including phenoxy) is 1. The Hall–Kier alpha value is -2.16. The number of nitrogens with zero attached hydrogens (tertiary/aromatic N) is 3. The third-order valence-corrected chi connectivity index (χ3v) is 8.12. The lowest BCUT2D eigenvalue weighted by Crippen LogP contribution is -2.42. The monoisotopic (exact) mass is 455 g/mol. The van der Waals surface area contributed by atoms with Gasteiger partial charge in [0.25, 0.3) is 11.1 Å². The van der Waals surface area contributed by atoms with Gasteiger partial charge in [0, 0.05) is 18.0 Å². The van der Waals surface area contributed by atoms with Crippen molar-refractivity contribution in [3.63, 3.8) is 0 Å². The molecular weight excluding hydrogens is 430 g/mol. The van der Waals surface area contributed by atoms with Crippen LogP contribution in [0.25, 0.3) is 10.8 Å². The number of aryl methyl sites for hydroxylation is 1. The third kappa shape index (κ3) is 4.56. The van der Waals surface area contributed by atoms with Crippen molar-refractivity contribution in [3.8, 4) is 10.8 Å². The number of amides is 1. The van der Waals surface area contributed by atoms with Gasteiger partial charge in [-0.1, -0.05) is 37.3 Å². The molecule has 31 heavy (non-hydrogen) atoms. The van der Waals surface area contributed by atoms with E-state index in [0.29, 0.717) is 37.4 Å². The molecule has 2 aliphatic rings. The second kappa shape index (κ2) is 9.14. The first-order chi connectivity index (χ1) is 15.2. The van der Waals surface area contributed by atoms with Crippen LogP contribution < -0.4 is 0 Å². The maximum Gasteiger partial charge on any atom is 0.278 e. The van der Waals surface area contributed by atoms with Crippen molar-refractivity contribution in [1.29, 1.82) is 0 Å². The highest BCUT2D eigenvalue weighted by Crippen LogP contribution is 2.40. The Morgan fingerprint density at radius 3 is 2.84 bits per heavy atom. The number of carbonyl (C=O) groups excluding carboxylic acids is 1. The molecule has 1 aliphatic carbocycles. The van der Waals surface area contributed by atoms with Gasteiger partial charge in [0.2, 0.25) is 5.91 Å². The molecule has 1 saturated heterocycles. The molecule has 0 saturated carbocycles. The van der Waals surface area contributed by atoms with Gasteiger partial charge in [-0.15, -0.1) is 21.5 Å². The number of hydrogen-bond donors (Lipinski definition) is 0. The number of aromatic nitrogens is 2. The molecule has 0 spiro atoms. The highest BCUT2D eigenvalue weighted by molar-refractivity contribution is 8.00. The Kier molecular flexibility index (Phi) is 6.11. The molecular formula is C23H25N3O3S2. The molecule has 2 aromatic heterocycles. The number of hydrogen-bond acceptors (Lipinski definition) is 7. The fourth-order valence-corrected chi connectivity index (χ4v) is 6.20. The minimum absolute atomic E-state index is 0.0554. The standard InChI is InChI=1S/C23H25N3O3S2/c1-15-7-8-18-17(13-15)14-19(30-18)21-24-25-23(29-21)31-20(16-5-3-2-4-6-16)22(27)26-9-11-28-12-10-26/h2-6,14-15,20H,7-13H2,1H3. The molecule has 162 valence electrons. The van der Waals surface area contributed by atoms with Gasteiger partial charge in [-0.25, -0.2) is 0 Å². The smallest absolute Gasteiger partial charge is 0.278 e. The van der Waals surface area contributed by atoms with Gasteiger partial charge >= 0.3 is 0 Å². The van der Waals surface area contributed by atoms with Crippen LogP contribution in [-0.2, 0) is 22.4 Å². The minimum atomic E-state index is -0.426. The number of benzene rings is 1. The first kappa shape index (κ1) is 20.7. The van der Waals surface area contributed by atoms with Crippen LogP contribution in [-0.4, -0.2) is 47.3 Å². The Labute approximate surface area is 190 Å². The van der Waals surface area contributed by atoms with E-state index in [1.54, 1.807) is 11.3 Å². The predicted molar refractivity (Wildman–Crippen MR) is 121 cm³/mol. The van der Waals surface area contributed by atoms with E-state index >= 15 is 0 Å². The fourth-order valence-electron chi connectivity index (χ4n) is 4.11. The summed E-state index contributed by atoms with van der Waals surface area (Å²) in [5.41, 5.74) is 2.35. The molecule has 2 unspecified atom stereocenters. The highest BCUT2D eigenvalue weighted by atomic mass is 32.2. The van der Waals surface area contributed by atoms with Crippen molar-refractivity contribution in [3.05, 3.63) is 52.4 Å². The summed E-state index contributed by atoms with van der Waals surface area (Å²) in [6.45, 7) is 4.67. The zero-order chi connectivity index (χ0) is 21.2. The number of rotatable bonds is 5. The lowest BCUT2D eigenvalue weighted by molar-refractivity contribution is -0.134. The van der Waals surface area contributed by atoms with Crippen LogP contribution in [0.15, 0.2) is 46.0 Å². The SMILES string of the molecule is CC1CCc2sc(-c3nnc(SC(C(=O)N4CCOCC4)c4ccccc4)o3)cc2C1. The molecule has 1 amide bonds. The maximum atomic E-state index is 13.3. The Balaban J connectivity index is 1.37. The molecule has 8 heteroatoms. The number of morpholine rings is 1.